The highest BCUT2D eigenvalue weighted by atomic mass is 35.5. The summed E-state index contributed by atoms with van der Waals surface area (Å²) < 4.78 is 5.61. The van der Waals surface area contributed by atoms with Crippen molar-refractivity contribution in [2.24, 2.45) is 16.3 Å². The topological polar surface area (TPSA) is 67.8 Å². The molecule has 5 heteroatoms. The van der Waals surface area contributed by atoms with Gasteiger partial charge in [0.25, 0.3) is 0 Å². The second-order valence-corrected chi connectivity index (χ2v) is 5.88. The van der Waals surface area contributed by atoms with Crippen molar-refractivity contribution in [1.82, 2.24) is 0 Å². The Morgan fingerprint density at radius 1 is 1.35 bits per heavy atom. The lowest BCUT2D eigenvalue weighted by molar-refractivity contribution is 0.115. The van der Waals surface area contributed by atoms with Gasteiger partial charge in [0.15, 0.2) is 0 Å². The van der Waals surface area contributed by atoms with Crippen LogP contribution in [0.5, 0.6) is 0 Å². The van der Waals surface area contributed by atoms with E-state index in [1.54, 1.807) is 0 Å². The molecule has 0 heterocycles. The largest absolute Gasteiger partial charge is 0.409 e. The summed E-state index contributed by atoms with van der Waals surface area (Å²) in [6, 6.07) is 7.68. The molecule has 0 radical (unpaired) electrons. The Hall–Kier alpha value is -1.26. The number of hydrogen-bond donors (Lipinski definition) is 2. The van der Waals surface area contributed by atoms with E-state index in [0.29, 0.717) is 13.2 Å². The molecule has 0 aliphatic heterocycles. The number of halogens is 1. The van der Waals surface area contributed by atoms with Crippen molar-refractivity contribution in [1.29, 1.82) is 0 Å². The zero-order chi connectivity index (χ0) is 15.0. The first-order valence-corrected chi connectivity index (χ1v) is 7.14. The van der Waals surface area contributed by atoms with Crippen molar-refractivity contribution in [3.8, 4) is 0 Å². The number of ether oxygens (including phenoxy) is 1. The summed E-state index contributed by atoms with van der Waals surface area (Å²) in [5.41, 5.74) is 6.36. The van der Waals surface area contributed by atoms with Crippen molar-refractivity contribution in [3.05, 3.63) is 34.9 Å². The van der Waals surface area contributed by atoms with Crippen LogP contribution in [-0.4, -0.2) is 17.6 Å². The van der Waals surface area contributed by atoms with Gasteiger partial charge in [-0.1, -0.05) is 55.2 Å². The molecule has 0 aliphatic rings. The summed E-state index contributed by atoms with van der Waals surface area (Å²) in [6.45, 7) is 5.14. The molecular formula is C15H23ClN2O2. The average Bonchev–Trinajstić information content (AvgIpc) is 2.43. The maximum Gasteiger partial charge on any atom is 0.144 e. The summed E-state index contributed by atoms with van der Waals surface area (Å²) in [4.78, 5) is 0. The Morgan fingerprint density at radius 3 is 2.70 bits per heavy atom. The minimum absolute atomic E-state index is 0.273. The molecule has 0 saturated carbocycles. The number of nitrogens with zero attached hydrogens (tertiary/aromatic N) is 1. The van der Waals surface area contributed by atoms with E-state index in [9.17, 15) is 0 Å². The second-order valence-electron chi connectivity index (χ2n) is 5.47. The fraction of sp³-hybridized carbons (Fsp3) is 0.533. The third-order valence-electron chi connectivity index (χ3n) is 3.36. The minimum atomic E-state index is -0.280. The molecule has 0 saturated heterocycles. The molecule has 0 amide bonds. The van der Waals surface area contributed by atoms with Gasteiger partial charge in [0, 0.05) is 17.0 Å². The maximum atomic E-state index is 8.69. The van der Waals surface area contributed by atoms with Gasteiger partial charge in [-0.05, 0) is 24.5 Å². The van der Waals surface area contributed by atoms with Crippen molar-refractivity contribution in [3.63, 3.8) is 0 Å². The smallest absolute Gasteiger partial charge is 0.144 e. The summed E-state index contributed by atoms with van der Waals surface area (Å²) in [5.74, 6) is 0.273. The Bertz CT molecular complexity index is 447. The Morgan fingerprint density at radius 2 is 2.05 bits per heavy atom. The summed E-state index contributed by atoms with van der Waals surface area (Å²) in [6.07, 6.45) is 2.76. The highest BCUT2D eigenvalue weighted by Gasteiger charge is 2.22. The van der Waals surface area contributed by atoms with Gasteiger partial charge >= 0.3 is 0 Å². The highest BCUT2D eigenvalue weighted by molar-refractivity contribution is 6.31. The van der Waals surface area contributed by atoms with E-state index in [2.05, 4.69) is 5.16 Å². The zero-order valence-electron chi connectivity index (χ0n) is 12.1. The monoisotopic (exact) mass is 298 g/mol. The van der Waals surface area contributed by atoms with Gasteiger partial charge < -0.3 is 15.7 Å². The van der Waals surface area contributed by atoms with Gasteiger partial charge in [-0.25, -0.2) is 0 Å². The number of nitrogens with two attached hydrogens (primary N) is 1. The van der Waals surface area contributed by atoms with Crippen LogP contribution < -0.4 is 5.73 Å². The van der Waals surface area contributed by atoms with Crippen LogP contribution in [0.15, 0.2) is 29.4 Å². The van der Waals surface area contributed by atoms with Gasteiger partial charge in [-0.3, -0.25) is 0 Å². The standard InChI is InChI=1S/C15H23ClN2O2/c1-15(2,14(17)18-19)9-5-6-10-20-11-12-7-3-4-8-13(12)16/h3-4,7-8,19H,5-6,9-11H2,1-2H3,(H2,17,18). The van der Waals surface area contributed by atoms with Crippen LogP contribution >= 0.6 is 11.6 Å². The number of unbranched alkanes of at least 4 members (excludes halogenated alkanes) is 1. The molecule has 112 valence electrons. The highest BCUT2D eigenvalue weighted by Crippen LogP contribution is 2.23. The first-order valence-electron chi connectivity index (χ1n) is 6.76. The number of amidine groups is 1. The number of rotatable bonds is 8. The van der Waals surface area contributed by atoms with E-state index in [1.807, 2.05) is 38.1 Å². The Kier molecular flexibility index (Phi) is 6.82. The Labute approximate surface area is 125 Å². The second kappa shape index (κ2) is 8.12. The molecule has 1 rings (SSSR count). The first-order chi connectivity index (χ1) is 9.47. The zero-order valence-corrected chi connectivity index (χ0v) is 12.9. The lowest BCUT2D eigenvalue weighted by Crippen LogP contribution is -2.31. The van der Waals surface area contributed by atoms with Gasteiger partial charge in [0.05, 0.1) is 6.61 Å². The predicted molar refractivity (Wildman–Crippen MR) is 82.1 cm³/mol. The molecule has 20 heavy (non-hydrogen) atoms. The average molecular weight is 299 g/mol. The van der Waals surface area contributed by atoms with Crippen LogP contribution in [0.3, 0.4) is 0 Å². The molecule has 0 bridgehead atoms. The first kappa shape index (κ1) is 16.8. The van der Waals surface area contributed by atoms with E-state index in [-0.39, 0.29) is 11.3 Å². The van der Waals surface area contributed by atoms with Crippen molar-refractivity contribution in [2.75, 3.05) is 6.61 Å². The van der Waals surface area contributed by atoms with E-state index in [1.165, 1.54) is 0 Å². The molecule has 1 aromatic carbocycles. The third kappa shape index (κ3) is 5.39. The SMILES string of the molecule is CC(C)(CCCCOCc1ccccc1Cl)/C(N)=N/O. The van der Waals surface area contributed by atoms with Crippen LogP contribution in [0.1, 0.15) is 38.7 Å². The minimum Gasteiger partial charge on any atom is -0.409 e. The number of hydrogen-bond acceptors (Lipinski definition) is 3. The molecule has 4 nitrogen and oxygen atoms in total. The lowest BCUT2D eigenvalue weighted by Gasteiger charge is -2.22. The third-order valence-corrected chi connectivity index (χ3v) is 3.73. The number of benzene rings is 1. The van der Waals surface area contributed by atoms with Crippen LogP contribution in [-0.2, 0) is 11.3 Å². The molecule has 0 aliphatic carbocycles. The summed E-state index contributed by atoms with van der Waals surface area (Å²) in [5, 5.41) is 12.5. The normalized spacial score (nSPS) is 12.7. The Balaban J connectivity index is 2.19. The maximum absolute atomic E-state index is 8.69. The van der Waals surface area contributed by atoms with Gasteiger partial charge in [-0.15, -0.1) is 0 Å². The van der Waals surface area contributed by atoms with E-state index >= 15 is 0 Å². The van der Waals surface area contributed by atoms with Crippen molar-refractivity contribution in [2.45, 2.75) is 39.7 Å². The van der Waals surface area contributed by atoms with Crippen LogP contribution in [0.25, 0.3) is 0 Å². The molecule has 0 spiro atoms. The molecule has 0 atom stereocenters. The predicted octanol–water partition coefficient (Wildman–Crippen LogP) is 3.80. The van der Waals surface area contributed by atoms with Crippen LogP contribution in [0.4, 0.5) is 0 Å². The quantitative estimate of drug-likeness (QED) is 0.252. The van der Waals surface area contributed by atoms with E-state index < -0.39 is 0 Å². The molecule has 0 unspecified atom stereocenters. The molecule has 0 fully saturated rings. The van der Waals surface area contributed by atoms with E-state index in [0.717, 1.165) is 29.8 Å². The molecular weight excluding hydrogens is 276 g/mol. The van der Waals surface area contributed by atoms with Gasteiger partial charge in [0.1, 0.15) is 5.84 Å². The van der Waals surface area contributed by atoms with Crippen LogP contribution in [0, 0.1) is 5.41 Å². The summed E-state index contributed by atoms with van der Waals surface area (Å²) >= 11 is 6.04. The summed E-state index contributed by atoms with van der Waals surface area (Å²) in [7, 11) is 0. The fourth-order valence-corrected chi connectivity index (χ4v) is 2.02. The molecule has 0 aromatic heterocycles. The molecule has 3 N–H and O–H groups in total. The van der Waals surface area contributed by atoms with E-state index in [4.69, 9.17) is 27.3 Å². The van der Waals surface area contributed by atoms with Gasteiger partial charge in [0.2, 0.25) is 0 Å². The van der Waals surface area contributed by atoms with Crippen LogP contribution in [0.2, 0.25) is 5.02 Å². The van der Waals surface area contributed by atoms with Crippen molar-refractivity contribution < 1.29 is 9.94 Å². The fourth-order valence-electron chi connectivity index (χ4n) is 1.83. The number of oxime groups is 1. The molecule has 1 aromatic rings. The van der Waals surface area contributed by atoms with Gasteiger partial charge in [-0.2, -0.15) is 0 Å². The lowest BCUT2D eigenvalue weighted by atomic mass is 9.86. The van der Waals surface area contributed by atoms with Crippen molar-refractivity contribution >= 4 is 17.4 Å².